The second-order valence-corrected chi connectivity index (χ2v) is 8.86. The fourth-order valence-electron chi connectivity index (χ4n) is 4.04. The highest BCUT2D eigenvalue weighted by molar-refractivity contribution is 6.31. The van der Waals surface area contributed by atoms with Crippen molar-refractivity contribution < 1.29 is 19.0 Å². The number of pyridine rings is 1. The number of carbonyl (C=O) groups is 1. The minimum absolute atomic E-state index is 0.0269. The number of rotatable bonds is 7. The molecule has 0 spiro atoms. The number of aromatic nitrogens is 3. The smallest absolute Gasteiger partial charge is 0.249 e. The summed E-state index contributed by atoms with van der Waals surface area (Å²) in [4.78, 5) is 16.7. The summed E-state index contributed by atoms with van der Waals surface area (Å²) in [7, 11) is 1.88. The maximum Gasteiger partial charge on any atom is 0.249 e. The summed E-state index contributed by atoms with van der Waals surface area (Å²) in [6.07, 6.45) is 0.548. The minimum atomic E-state index is -1.19. The van der Waals surface area contributed by atoms with Gasteiger partial charge in [0.15, 0.2) is 0 Å². The van der Waals surface area contributed by atoms with E-state index in [9.17, 15) is 14.3 Å². The number of amides is 1. The van der Waals surface area contributed by atoms with Gasteiger partial charge in [-0.25, -0.2) is 9.37 Å². The van der Waals surface area contributed by atoms with E-state index in [2.05, 4.69) is 10.4 Å². The molecule has 182 valence electrons. The topological polar surface area (TPSA) is 89.3 Å². The summed E-state index contributed by atoms with van der Waals surface area (Å²) < 4.78 is 22.2. The van der Waals surface area contributed by atoms with Crippen LogP contribution >= 0.6 is 11.6 Å². The third-order valence-corrected chi connectivity index (χ3v) is 6.14. The van der Waals surface area contributed by atoms with E-state index in [0.29, 0.717) is 22.4 Å². The molecule has 0 aliphatic carbocycles. The number of halogens is 2. The molecule has 4 rings (SSSR count). The molecule has 4 aromatic rings. The predicted molar refractivity (Wildman–Crippen MR) is 133 cm³/mol. The minimum Gasteiger partial charge on any atom is -0.487 e. The number of carbonyl (C=O) groups excluding carboxylic acids is 1. The maximum atomic E-state index is 14.2. The van der Waals surface area contributed by atoms with E-state index in [1.165, 1.54) is 19.1 Å². The first kappa shape index (κ1) is 24.6. The molecule has 0 aliphatic heterocycles. The van der Waals surface area contributed by atoms with Crippen molar-refractivity contribution in [3.05, 3.63) is 76.3 Å². The zero-order chi connectivity index (χ0) is 25.3. The molecular formula is C26H26ClFN4O3. The predicted octanol–water partition coefficient (Wildman–Crippen LogP) is 4.87. The lowest BCUT2D eigenvalue weighted by atomic mass is 10.0. The summed E-state index contributed by atoms with van der Waals surface area (Å²) in [5.74, 6) is -0.557. The Kier molecular flexibility index (Phi) is 7.05. The Labute approximate surface area is 207 Å². The van der Waals surface area contributed by atoms with Gasteiger partial charge in [0.1, 0.15) is 29.8 Å². The zero-order valence-corrected chi connectivity index (χ0v) is 20.6. The first-order chi connectivity index (χ1) is 16.7. The number of nitrogens with zero attached hydrogens (tertiary/aromatic N) is 3. The van der Waals surface area contributed by atoms with Gasteiger partial charge in [-0.3, -0.25) is 9.48 Å². The molecule has 35 heavy (non-hydrogen) atoms. The number of nitrogens with one attached hydrogen (secondary N) is 1. The van der Waals surface area contributed by atoms with Crippen molar-refractivity contribution in [2.45, 2.75) is 39.5 Å². The molecular weight excluding hydrogens is 471 g/mol. The van der Waals surface area contributed by atoms with Gasteiger partial charge >= 0.3 is 0 Å². The van der Waals surface area contributed by atoms with Crippen LogP contribution in [0.25, 0.3) is 22.2 Å². The van der Waals surface area contributed by atoms with Crippen LogP contribution < -0.4 is 10.1 Å². The molecule has 2 heterocycles. The molecule has 2 aromatic carbocycles. The largest absolute Gasteiger partial charge is 0.487 e. The maximum absolute atomic E-state index is 14.2. The van der Waals surface area contributed by atoms with Crippen LogP contribution in [0.5, 0.6) is 5.75 Å². The first-order valence-corrected chi connectivity index (χ1v) is 11.5. The lowest BCUT2D eigenvalue weighted by Crippen LogP contribution is -2.34. The van der Waals surface area contributed by atoms with Crippen LogP contribution in [-0.4, -0.2) is 31.9 Å². The Morgan fingerprint density at radius 3 is 2.71 bits per heavy atom. The van der Waals surface area contributed by atoms with E-state index in [-0.39, 0.29) is 11.6 Å². The molecule has 0 saturated heterocycles. The number of para-hydroxylation sites is 1. The van der Waals surface area contributed by atoms with Crippen LogP contribution in [0.3, 0.4) is 0 Å². The van der Waals surface area contributed by atoms with Gasteiger partial charge in [0.05, 0.1) is 16.8 Å². The molecule has 9 heteroatoms. The third-order valence-electron chi connectivity index (χ3n) is 5.80. The van der Waals surface area contributed by atoms with Crippen LogP contribution in [-0.2, 0) is 18.4 Å². The quantitative estimate of drug-likeness (QED) is 0.381. The lowest BCUT2D eigenvalue weighted by Gasteiger charge is -2.21. The van der Waals surface area contributed by atoms with Gasteiger partial charge in [0, 0.05) is 35.5 Å². The average molecular weight is 497 g/mol. The van der Waals surface area contributed by atoms with Crippen LogP contribution in [0, 0.1) is 12.7 Å². The van der Waals surface area contributed by atoms with Crippen LogP contribution in [0.15, 0.2) is 48.7 Å². The Balaban J connectivity index is 1.71. The normalized spacial score (nSPS) is 13.0. The van der Waals surface area contributed by atoms with Gasteiger partial charge in [0.2, 0.25) is 5.91 Å². The molecule has 0 bridgehead atoms. The van der Waals surface area contributed by atoms with Crippen LogP contribution in [0.4, 0.5) is 4.39 Å². The average Bonchev–Trinajstić information content (AvgIpc) is 3.23. The SMILES string of the molecule is Cc1cc(-c2ccnn2C)c2cccc(OCc3c(Cl)cc(F)cc3[C@H](C)NC(=O)[C@H](C)O)c2n1. The van der Waals surface area contributed by atoms with E-state index in [4.69, 9.17) is 21.3 Å². The highest BCUT2D eigenvalue weighted by atomic mass is 35.5. The Bertz CT molecular complexity index is 1400. The first-order valence-electron chi connectivity index (χ1n) is 11.1. The van der Waals surface area contributed by atoms with Gasteiger partial charge in [0.25, 0.3) is 0 Å². The monoisotopic (exact) mass is 496 g/mol. The Morgan fingerprint density at radius 1 is 1.26 bits per heavy atom. The molecule has 7 nitrogen and oxygen atoms in total. The van der Waals surface area contributed by atoms with Crippen LogP contribution in [0.1, 0.15) is 36.7 Å². The van der Waals surface area contributed by atoms with E-state index in [1.54, 1.807) is 17.8 Å². The van der Waals surface area contributed by atoms with Crippen molar-refractivity contribution in [3.63, 3.8) is 0 Å². The summed E-state index contributed by atoms with van der Waals surface area (Å²) in [5.41, 5.74) is 4.42. The highest BCUT2D eigenvalue weighted by Crippen LogP contribution is 2.34. The Morgan fingerprint density at radius 2 is 2.03 bits per heavy atom. The molecule has 2 N–H and O–H groups in total. The second kappa shape index (κ2) is 10.0. The highest BCUT2D eigenvalue weighted by Gasteiger charge is 2.20. The summed E-state index contributed by atoms with van der Waals surface area (Å²) in [6, 6.07) is 11.5. The van der Waals surface area contributed by atoms with Gasteiger partial charge < -0.3 is 15.2 Å². The van der Waals surface area contributed by atoms with Gasteiger partial charge in [-0.05, 0) is 56.7 Å². The number of aryl methyl sites for hydroxylation is 2. The van der Waals surface area contributed by atoms with Crippen molar-refractivity contribution in [2.75, 3.05) is 0 Å². The van der Waals surface area contributed by atoms with E-state index >= 15 is 0 Å². The molecule has 0 saturated carbocycles. The molecule has 1 amide bonds. The number of aliphatic hydroxyl groups excluding tert-OH is 1. The number of ether oxygens (including phenoxy) is 1. The van der Waals surface area contributed by atoms with E-state index < -0.39 is 23.9 Å². The fourth-order valence-corrected chi connectivity index (χ4v) is 4.31. The van der Waals surface area contributed by atoms with Crippen molar-refractivity contribution in [3.8, 4) is 17.0 Å². The number of benzene rings is 2. The molecule has 0 fully saturated rings. The zero-order valence-electron chi connectivity index (χ0n) is 19.8. The summed E-state index contributed by atoms with van der Waals surface area (Å²) in [6.45, 7) is 4.99. The molecule has 0 unspecified atom stereocenters. The second-order valence-electron chi connectivity index (χ2n) is 8.45. The number of hydrogen-bond donors (Lipinski definition) is 2. The number of hydrogen-bond acceptors (Lipinski definition) is 5. The molecule has 2 aromatic heterocycles. The van der Waals surface area contributed by atoms with Gasteiger partial charge in [-0.1, -0.05) is 23.7 Å². The molecule has 0 radical (unpaired) electrons. The van der Waals surface area contributed by atoms with Crippen LogP contribution in [0.2, 0.25) is 5.02 Å². The molecule has 0 aliphatic rings. The summed E-state index contributed by atoms with van der Waals surface area (Å²) in [5, 5.41) is 17.6. The van der Waals surface area contributed by atoms with E-state index in [1.807, 2.05) is 44.3 Å². The van der Waals surface area contributed by atoms with Crippen molar-refractivity contribution in [1.29, 1.82) is 0 Å². The third kappa shape index (κ3) is 5.13. The van der Waals surface area contributed by atoms with Crippen molar-refractivity contribution in [2.24, 2.45) is 7.05 Å². The van der Waals surface area contributed by atoms with E-state index in [0.717, 1.165) is 22.3 Å². The Hall–Kier alpha value is -3.49. The molecule has 2 atom stereocenters. The standard InChI is InChI=1S/C26H26ClFN4O3/c1-14-10-20(23-8-9-29-32(23)4)18-6-5-7-24(25(18)30-14)35-13-21-19(11-17(28)12-22(21)27)15(2)31-26(34)16(3)33/h5-12,15-16,33H,13H2,1-4H3,(H,31,34)/t15-,16-/m0/s1. The fraction of sp³-hybridized carbons (Fsp3) is 0.269. The van der Waals surface area contributed by atoms with Gasteiger partial charge in [-0.2, -0.15) is 5.10 Å². The number of aliphatic hydroxyl groups is 1. The number of fused-ring (bicyclic) bond motifs is 1. The van der Waals surface area contributed by atoms with Crippen molar-refractivity contribution >= 4 is 28.4 Å². The lowest BCUT2D eigenvalue weighted by molar-refractivity contribution is -0.129. The summed E-state index contributed by atoms with van der Waals surface area (Å²) >= 11 is 6.39. The van der Waals surface area contributed by atoms with Gasteiger partial charge in [-0.15, -0.1) is 0 Å². The van der Waals surface area contributed by atoms with Crippen molar-refractivity contribution in [1.82, 2.24) is 20.1 Å².